The average Bonchev–Trinajstić information content (AvgIpc) is 2.16. The van der Waals surface area contributed by atoms with E-state index in [4.69, 9.17) is 9.47 Å². The Kier molecular flexibility index (Phi) is 2.85. The molecule has 4 heteroatoms. The highest BCUT2D eigenvalue weighted by Gasteiger charge is 2.09. The van der Waals surface area contributed by atoms with Gasteiger partial charge in [-0.05, 0) is 6.42 Å². The van der Waals surface area contributed by atoms with Crippen molar-refractivity contribution in [2.45, 2.75) is 13.3 Å². The maximum Gasteiger partial charge on any atom is 0.260 e. The second kappa shape index (κ2) is 3.90. The van der Waals surface area contributed by atoms with E-state index < -0.39 is 0 Å². The Morgan fingerprint density at radius 2 is 2.00 bits per heavy atom. The molecule has 12 heavy (non-hydrogen) atoms. The maximum absolute atomic E-state index is 5.11. The van der Waals surface area contributed by atoms with E-state index in [1.807, 2.05) is 6.92 Å². The summed E-state index contributed by atoms with van der Waals surface area (Å²) in [5.74, 6) is 1.12. The fourth-order valence-corrected chi connectivity index (χ4v) is 0.994. The van der Waals surface area contributed by atoms with Gasteiger partial charge in [0.05, 0.1) is 19.9 Å². The van der Waals surface area contributed by atoms with Crippen LogP contribution >= 0.6 is 0 Å². The molecule has 1 heterocycles. The standard InChI is InChI=1S/C8H12N2O2/c1-4-6-7(11-2)8(12-3)10-5-9-6/h5H,4H2,1-3H3. The first-order chi connectivity index (χ1) is 5.83. The predicted molar refractivity (Wildman–Crippen MR) is 44.5 cm³/mol. The van der Waals surface area contributed by atoms with Crippen molar-refractivity contribution in [2.24, 2.45) is 0 Å². The Morgan fingerprint density at radius 3 is 2.50 bits per heavy atom. The highest BCUT2D eigenvalue weighted by Crippen LogP contribution is 2.26. The third-order valence-electron chi connectivity index (χ3n) is 1.58. The van der Waals surface area contributed by atoms with Crippen LogP contribution in [-0.4, -0.2) is 24.2 Å². The zero-order valence-electron chi connectivity index (χ0n) is 7.50. The summed E-state index contributed by atoms with van der Waals surface area (Å²) < 4.78 is 10.1. The summed E-state index contributed by atoms with van der Waals surface area (Å²) in [6.07, 6.45) is 2.28. The van der Waals surface area contributed by atoms with Gasteiger partial charge in [0.2, 0.25) is 5.75 Å². The van der Waals surface area contributed by atoms with E-state index in [0.29, 0.717) is 11.6 Å². The normalized spacial score (nSPS) is 9.58. The number of hydrogen-bond acceptors (Lipinski definition) is 4. The summed E-state index contributed by atoms with van der Waals surface area (Å²) >= 11 is 0. The first-order valence-electron chi connectivity index (χ1n) is 3.75. The summed E-state index contributed by atoms with van der Waals surface area (Å²) in [6, 6.07) is 0. The lowest BCUT2D eigenvalue weighted by Gasteiger charge is -2.08. The van der Waals surface area contributed by atoms with Gasteiger partial charge in [-0.2, -0.15) is 4.98 Å². The highest BCUT2D eigenvalue weighted by atomic mass is 16.5. The number of hydrogen-bond donors (Lipinski definition) is 0. The minimum absolute atomic E-state index is 0.490. The van der Waals surface area contributed by atoms with Gasteiger partial charge in [0.1, 0.15) is 6.33 Å². The molecule has 0 atom stereocenters. The fourth-order valence-electron chi connectivity index (χ4n) is 0.994. The van der Waals surface area contributed by atoms with E-state index in [-0.39, 0.29) is 0 Å². The Morgan fingerprint density at radius 1 is 1.25 bits per heavy atom. The molecule has 0 N–H and O–H groups in total. The predicted octanol–water partition coefficient (Wildman–Crippen LogP) is 1.06. The van der Waals surface area contributed by atoms with Crippen LogP contribution in [0.2, 0.25) is 0 Å². The maximum atomic E-state index is 5.11. The third kappa shape index (κ3) is 1.47. The molecule has 1 aromatic heterocycles. The number of aryl methyl sites for hydroxylation is 1. The molecule has 0 radical (unpaired) electrons. The van der Waals surface area contributed by atoms with E-state index >= 15 is 0 Å². The minimum atomic E-state index is 0.490. The molecule has 0 fully saturated rings. The van der Waals surface area contributed by atoms with Gasteiger partial charge in [0, 0.05) is 0 Å². The Balaban J connectivity index is 3.13. The molecule has 0 aliphatic rings. The highest BCUT2D eigenvalue weighted by molar-refractivity contribution is 5.36. The molecule has 0 saturated carbocycles. The van der Waals surface area contributed by atoms with Gasteiger partial charge in [-0.1, -0.05) is 6.92 Å². The number of aromatic nitrogens is 2. The van der Waals surface area contributed by atoms with Crippen molar-refractivity contribution in [1.29, 1.82) is 0 Å². The number of nitrogens with zero attached hydrogens (tertiary/aromatic N) is 2. The Labute approximate surface area is 71.6 Å². The summed E-state index contributed by atoms with van der Waals surface area (Å²) in [5.41, 5.74) is 0.865. The molecule has 0 aliphatic carbocycles. The molecule has 1 aromatic rings. The van der Waals surface area contributed by atoms with E-state index in [1.165, 1.54) is 6.33 Å². The molecule has 1 rings (SSSR count). The van der Waals surface area contributed by atoms with E-state index in [9.17, 15) is 0 Å². The Hall–Kier alpha value is -1.32. The van der Waals surface area contributed by atoms with Crippen LogP contribution in [0.1, 0.15) is 12.6 Å². The number of rotatable bonds is 3. The summed E-state index contributed by atoms with van der Waals surface area (Å²) in [6.45, 7) is 2.00. The molecule has 4 nitrogen and oxygen atoms in total. The molecule has 0 unspecified atom stereocenters. The van der Waals surface area contributed by atoms with Gasteiger partial charge in [-0.15, -0.1) is 0 Å². The lowest BCUT2D eigenvalue weighted by molar-refractivity contribution is 0.337. The van der Waals surface area contributed by atoms with E-state index in [0.717, 1.165) is 12.1 Å². The largest absolute Gasteiger partial charge is 0.490 e. The van der Waals surface area contributed by atoms with Crippen LogP contribution in [-0.2, 0) is 6.42 Å². The first kappa shape index (κ1) is 8.77. The lowest BCUT2D eigenvalue weighted by atomic mass is 10.3. The van der Waals surface area contributed by atoms with Gasteiger partial charge in [0.15, 0.2) is 0 Å². The van der Waals surface area contributed by atoms with Crippen molar-refractivity contribution >= 4 is 0 Å². The average molecular weight is 168 g/mol. The second-order valence-corrected chi connectivity index (χ2v) is 2.22. The molecule has 0 spiro atoms. The van der Waals surface area contributed by atoms with Crippen LogP contribution < -0.4 is 9.47 Å². The fraction of sp³-hybridized carbons (Fsp3) is 0.500. The molecule has 66 valence electrons. The number of methoxy groups -OCH3 is 2. The van der Waals surface area contributed by atoms with Crippen LogP contribution in [0.3, 0.4) is 0 Å². The SMILES string of the molecule is CCc1ncnc(OC)c1OC. The van der Waals surface area contributed by atoms with Crippen LogP contribution in [0, 0.1) is 0 Å². The van der Waals surface area contributed by atoms with Gasteiger partial charge >= 0.3 is 0 Å². The quantitative estimate of drug-likeness (QED) is 0.676. The zero-order valence-corrected chi connectivity index (χ0v) is 7.50. The van der Waals surface area contributed by atoms with Crippen LogP contribution in [0.4, 0.5) is 0 Å². The molecule has 0 aliphatic heterocycles. The van der Waals surface area contributed by atoms with Crippen LogP contribution in [0.15, 0.2) is 6.33 Å². The van der Waals surface area contributed by atoms with Crippen LogP contribution in [0.5, 0.6) is 11.6 Å². The molecule has 0 amide bonds. The van der Waals surface area contributed by atoms with Gasteiger partial charge in [-0.3, -0.25) is 0 Å². The summed E-state index contributed by atoms with van der Waals surface area (Å²) in [4.78, 5) is 7.98. The minimum Gasteiger partial charge on any atom is -0.490 e. The molecule has 0 aromatic carbocycles. The molecule has 0 bridgehead atoms. The van der Waals surface area contributed by atoms with Crippen molar-refractivity contribution < 1.29 is 9.47 Å². The topological polar surface area (TPSA) is 44.2 Å². The van der Waals surface area contributed by atoms with Gasteiger partial charge in [-0.25, -0.2) is 4.98 Å². The lowest BCUT2D eigenvalue weighted by Crippen LogP contribution is -1.99. The Bertz CT molecular complexity index is 241. The second-order valence-electron chi connectivity index (χ2n) is 2.22. The van der Waals surface area contributed by atoms with Crippen molar-refractivity contribution in [3.8, 4) is 11.6 Å². The monoisotopic (exact) mass is 168 g/mol. The first-order valence-corrected chi connectivity index (χ1v) is 3.75. The molecule has 0 saturated heterocycles. The third-order valence-corrected chi connectivity index (χ3v) is 1.58. The van der Waals surface area contributed by atoms with Crippen molar-refractivity contribution in [3.05, 3.63) is 12.0 Å². The van der Waals surface area contributed by atoms with Crippen molar-refractivity contribution in [1.82, 2.24) is 9.97 Å². The summed E-state index contributed by atoms with van der Waals surface area (Å²) in [7, 11) is 3.14. The zero-order chi connectivity index (χ0) is 8.97. The van der Waals surface area contributed by atoms with Crippen molar-refractivity contribution in [3.63, 3.8) is 0 Å². The molecular weight excluding hydrogens is 156 g/mol. The van der Waals surface area contributed by atoms with Gasteiger partial charge < -0.3 is 9.47 Å². The summed E-state index contributed by atoms with van der Waals surface area (Å²) in [5, 5.41) is 0. The van der Waals surface area contributed by atoms with Gasteiger partial charge in [0.25, 0.3) is 5.88 Å². The van der Waals surface area contributed by atoms with E-state index in [2.05, 4.69) is 9.97 Å². The van der Waals surface area contributed by atoms with Crippen molar-refractivity contribution in [2.75, 3.05) is 14.2 Å². The smallest absolute Gasteiger partial charge is 0.260 e. The number of ether oxygens (including phenoxy) is 2. The van der Waals surface area contributed by atoms with E-state index in [1.54, 1.807) is 14.2 Å². The molecular formula is C8H12N2O2. The van der Waals surface area contributed by atoms with Crippen LogP contribution in [0.25, 0.3) is 0 Å².